The normalized spacial score (nSPS) is 10.5. The van der Waals surface area contributed by atoms with Gasteiger partial charge in [0, 0.05) is 5.56 Å². The summed E-state index contributed by atoms with van der Waals surface area (Å²) in [4.78, 5) is 12.2. The molecular weight excluding hydrogens is 304 g/mol. The van der Waals surface area contributed by atoms with E-state index in [1.807, 2.05) is 19.1 Å². The predicted octanol–water partition coefficient (Wildman–Crippen LogP) is 3.28. The lowest BCUT2D eigenvalue weighted by Gasteiger charge is -2.08. The number of rotatable bonds is 7. The molecular formula is C19H20N2O3. The van der Waals surface area contributed by atoms with Gasteiger partial charge in [-0.2, -0.15) is 5.10 Å². The molecule has 0 heterocycles. The van der Waals surface area contributed by atoms with Crippen LogP contribution in [-0.2, 0) is 6.42 Å². The zero-order valence-corrected chi connectivity index (χ0v) is 13.5. The second-order valence-corrected chi connectivity index (χ2v) is 4.98. The smallest absolute Gasteiger partial charge is 0.275 e. The molecule has 24 heavy (non-hydrogen) atoms. The molecule has 5 heteroatoms. The second-order valence-electron chi connectivity index (χ2n) is 4.98. The zero-order chi connectivity index (χ0) is 17.4. The molecule has 0 aliphatic rings. The third kappa shape index (κ3) is 4.23. The standard InChI is InChI=1S/C19H20N2O3/c1-3-8-14-9-7-10-15(18(14)22)13-20-21-19(23)16-11-5-6-12-17(16)24-4-2/h3,5-7,9-13,22H,1,4,8H2,2H3,(H,21,23). The number of nitrogens with zero attached hydrogens (tertiary/aromatic N) is 1. The number of phenols is 1. The number of allylic oxidation sites excluding steroid dienone is 1. The Kier molecular flexibility index (Phi) is 6.14. The minimum atomic E-state index is -0.378. The van der Waals surface area contributed by atoms with Gasteiger partial charge in [-0.3, -0.25) is 4.79 Å². The van der Waals surface area contributed by atoms with Crippen LogP contribution in [0.2, 0.25) is 0 Å². The maximum absolute atomic E-state index is 12.2. The highest BCUT2D eigenvalue weighted by Crippen LogP contribution is 2.21. The molecule has 124 valence electrons. The Bertz CT molecular complexity index is 754. The Balaban J connectivity index is 2.11. The molecule has 0 radical (unpaired) electrons. The van der Waals surface area contributed by atoms with Crippen molar-refractivity contribution >= 4 is 12.1 Å². The largest absolute Gasteiger partial charge is 0.507 e. The van der Waals surface area contributed by atoms with Crippen molar-refractivity contribution in [2.24, 2.45) is 5.10 Å². The van der Waals surface area contributed by atoms with Gasteiger partial charge < -0.3 is 9.84 Å². The van der Waals surface area contributed by atoms with E-state index in [2.05, 4.69) is 17.1 Å². The third-order valence-corrected chi connectivity index (χ3v) is 3.32. The van der Waals surface area contributed by atoms with Gasteiger partial charge in [-0.1, -0.05) is 30.3 Å². The number of carbonyl (C=O) groups excluding carboxylic acids is 1. The summed E-state index contributed by atoms with van der Waals surface area (Å²) >= 11 is 0. The van der Waals surface area contributed by atoms with Crippen molar-refractivity contribution in [3.05, 3.63) is 71.8 Å². The van der Waals surface area contributed by atoms with E-state index in [0.717, 1.165) is 5.56 Å². The highest BCUT2D eigenvalue weighted by molar-refractivity contribution is 5.97. The van der Waals surface area contributed by atoms with E-state index < -0.39 is 0 Å². The molecule has 0 atom stereocenters. The molecule has 2 N–H and O–H groups in total. The molecule has 0 spiro atoms. The molecule has 1 amide bonds. The van der Waals surface area contributed by atoms with E-state index in [9.17, 15) is 9.90 Å². The van der Waals surface area contributed by atoms with Gasteiger partial charge in [0.05, 0.1) is 18.4 Å². The summed E-state index contributed by atoms with van der Waals surface area (Å²) in [6.45, 7) is 5.98. The SMILES string of the molecule is C=CCc1cccc(C=NNC(=O)c2ccccc2OCC)c1O. The van der Waals surface area contributed by atoms with Crippen molar-refractivity contribution in [1.29, 1.82) is 0 Å². The number of carbonyl (C=O) groups is 1. The van der Waals surface area contributed by atoms with Gasteiger partial charge in [-0.15, -0.1) is 6.58 Å². The summed E-state index contributed by atoms with van der Waals surface area (Å²) in [6.07, 6.45) is 3.67. The fraction of sp³-hybridized carbons (Fsp3) is 0.158. The monoisotopic (exact) mass is 324 g/mol. The molecule has 5 nitrogen and oxygen atoms in total. The van der Waals surface area contributed by atoms with Gasteiger partial charge in [0.2, 0.25) is 0 Å². The van der Waals surface area contributed by atoms with Crippen LogP contribution in [0.1, 0.15) is 28.4 Å². The van der Waals surface area contributed by atoms with Crippen LogP contribution in [0.25, 0.3) is 0 Å². The van der Waals surface area contributed by atoms with E-state index in [-0.39, 0.29) is 11.7 Å². The number of hydrogen-bond acceptors (Lipinski definition) is 4. The Morgan fingerprint density at radius 3 is 2.83 bits per heavy atom. The first-order chi connectivity index (χ1) is 11.7. The quantitative estimate of drug-likeness (QED) is 0.466. The Labute approximate surface area is 141 Å². The van der Waals surface area contributed by atoms with Crippen molar-refractivity contribution in [3.8, 4) is 11.5 Å². The molecule has 0 unspecified atom stereocenters. The Hall–Kier alpha value is -3.08. The Morgan fingerprint density at radius 2 is 2.08 bits per heavy atom. The Morgan fingerprint density at radius 1 is 1.29 bits per heavy atom. The summed E-state index contributed by atoms with van der Waals surface area (Å²) < 4.78 is 5.42. The number of benzene rings is 2. The maximum Gasteiger partial charge on any atom is 0.275 e. The topological polar surface area (TPSA) is 70.9 Å². The fourth-order valence-electron chi connectivity index (χ4n) is 2.19. The molecule has 0 bridgehead atoms. The van der Waals surface area contributed by atoms with E-state index >= 15 is 0 Å². The molecule has 0 saturated carbocycles. The van der Waals surface area contributed by atoms with E-state index in [1.54, 1.807) is 36.4 Å². The van der Waals surface area contributed by atoms with E-state index in [0.29, 0.717) is 29.9 Å². The van der Waals surface area contributed by atoms with Gasteiger partial charge in [0.15, 0.2) is 0 Å². The van der Waals surface area contributed by atoms with Crippen LogP contribution in [0, 0.1) is 0 Å². The lowest BCUT2D eigenvalue weighted by Crippen LogP contribution is -2.18. The molecule has 2 rings (SSSR count). The van der Waals surface area contributed by atoms with Crippen LogP contribution < -0.4 is 10.2 Å². The molecule has 0 saturated heterocycles. The van der Waals surface area contributed by atoms with Gasteiger partial charge in [0.1, 0.15) is 11.5 Å². The summed E-state index contributed by atoms with van der Waals surface area (Å²) in [5.41, 5.74) is 4.12. The van der Waals surface area contributed by atoms with Crippen LogP contribution in [-0.4, -0.2) is 23.8 Å². The van der Waals surface area contributed by atoms with Crippen molar-refractivity contribution in [2.45, 2.75) is 13.3 Å². The number of amides is 1. The van der Waals surface area contributed by atoms with Crippen LogP contribution in [0.15, 0.2) is 60.2 Å². The van der Waals surface area contributed by atoms with Gasteiger partial charge in [0.25, 0.3) is 5.91 Å². The minimum Gasteiger partial charge on any atom is -0.507 e. The number of nitrogens with one attached hydrogen (secondary N) is 1. The van der Waals surface area contributed by atoms with Crippen molar-refractivity contribution < 1.29 is 14.6 Å². The lowest BCUT2D eigenvalue weighted by atomic mass is 10.1. The number of hydrogen-bond donors (Lipinski definition) is 2. The van der Waals surface area contributed by atoms with Crippen molar-refractivity contribution in [2.75, 3.05) is 6.61 Å². The van der Waals surface area contributed by atoms with Gasteiger partial charge in [-0.05, 0) is 37.1 Å². The average Bonchev–Trinajstić information content (AvgIpc) is 2.59. The van der Waals surface area contributed by atoms with Crippen molar-refractivity contribution in [3.63, 3.8) is 0 Å². The second kappa shape index (κ2) is 8.53. The fourth-order valence-corrected chi connectivity index (χ4v) is 2.19. The number of para-hydroxylation sites is 2. The summed E-state index contributed by atoms with van der Waals surface area (Å²) in [5, 5.41) is 14.1. The van der Waals surface area contributed by atoms with Crippen LogP contribution in [0.5, 0.6) is 11.5 Å². The molecule has 0 aliphatic heterocycles. The average molecular weight is 324 g/mol. The van der Waals surface area contributed by atoms with Gasteiger partial charge >= 0.3 is 0 Å². The molecule has 2 aromatic rings. The maximum atomic E-state index is 12.2. The van der Waals surface area contributed by atoms with Crippen molar-refractivity contribution in [1.82, 2.24) is 5.43 Å². The molecule has 0 aromatic heterocycles. The number of ether oxygens (including phenoxy) is 1. The number of phenolic OH excluding ortho intramolecular Hbond substituents is 1. The van der Waals surface area contributed by atoms with Crippen LogP contribution in [0.4, 0.5) is 0 Å². The van der Waals surface area contributed by atoms with Crippen LogP contribution >= 0.6 is 0 Å². The zero-order valence-electron chi connectivity index (χ0n) is 13.5. The molecule has 0 fully saturated rings. The van der Waals surface area contributed by atoms with Crippen LogP contribution in [0.3, 0.4) is 0 Å². The molecule has 0 aliphatic carbocycles. The van der Waals surface area contributed by atoms with E-state index in [4.69, 9.17) is 4.74 Å². The summed E-state index contributed by atoms with van der Waals surface area (Å²) in [6, 6.07) is 12.3. The first-order valence-corrected chi connectivity index (χ1v) is 7.64. The third-order valence-electron chi connectivity index (χ3n) is 3.32. The molecule has 2 aromatic carbocycles. The van der Waals surface area contributed by atoms with Gasteiger partial charge in [-0.25, -0.2) is 5.43 Å². The summed E-state index contributed by atoms with van der Waals surface area (Å²) in [7, 11) is 0. The lowest BCUT2D eigenvalue weighted by molar-refractivity contribution is 0.0951. The minimum absolute atomic E-state index is 0.130. The van der Waals surface area contributed by atoms with E-state index in [1.165, 1.54) is 6.21 Å². The predicted molar refractivity (Wildman–Crippen MR) is 94.7 cm³/mol. The first-order valence-electron chi connectivity index (χ1n) is 7.64. The number of hydrazone groups is 1. The number of aromatic hydroxyl groups is 1. The summed E-state index contributed by atoms with van der Waals surface area (Å²) in [5.74, 6) is 0.255. The highest BCUT2D eigenvalue weighted by Gasteiger charge is 2.11. The first kappa shape index (κ1) is 17.3. The highest BCUT2D eigenvalue weighted by atomic mass is 16.5.